The molecule has 0 fully saturated rings. The van der Waals surface area contributed by atoms with Crippen molar-refractivity contribution in [1.29, 1.82) is 0 Å². The van der Waals surface area contributed by atoms with Gasteiger partial charge in [-0.1, -0.05) is 19.1 Å². The van der Waals surface area contributed by atoms with E-state index in [4.69, 9.17) is 4.74 Å². The third kappa shape index (κ3) is 4.59. The number of pyridine rings is 1. The van der Waals surface area contributed by atoms with E-state index in [-0.39, 0.29) is 12.4 Å². The van der Waals surface area contributed by atoms with Crippen molar-refractivity contribution in [3.05, 3.63) is 72.4 Å². The second kappa shape index (κ2) is 9.75. The minimum atomic E-state index is -3.33. The van der Waals surface area contributed by atoms with Gasteiger partial charge in [-0.2, -0.15) is 0 Å². The molecule has 0 atom stereocenters. The normalized spacial score (nSPS) is 12.0. The third-order valence-electron chi connectivity index (χ3n) is 6.26. The van der Waals surface area contributed by atoms with Gasteiger partial charge >= 0.3 is 0 Å². The van der Waals surface area contributed by atoms with Crippen LogP contribution in [0.5, 0.6) is 5.75 Å². The van der Waals surface area contributed by atoms with Crippen molar-refractivity contribution in [3.8, 4) is 16.9 Å². The van der Waals surface area contributed by atoms with Gasteiger partial charge in [0, 0.05) is 29.7 Å². The zero-order valence-electron chi connectivity index (χ0n) is 20.2. The summed E-state index contributed by atoms with van der Waals surface area (Å²) >= 11 is 0. The van der Waals surface area contributed by atoms with E-state index in [0.717, 1.165) is 51.6 Å². The maximum atomic E-state index is 12.5. The first-order chi connectivity index (χ1) is 17.4. The Labute approximate surface area is 209 Å². The van der Waals surface area contributed by atoms with Crippen LogP contribution in [-0.4, -0.2) is 45.4 Å². The molecular weight excluding hydrogens is 476 g/mol. The molecule has 36 heavy (non-hydrogen) atoms. The Hall–Kier alpha value is -3.69. The summed E-state index contributed by atoms with van der Waals surface area (Å²) in [5.41, 5.74) is 4.99. The van der Waals surface area contributed by atoms with Gasteiger partial charge in [0.2, 0.25) is 0 Å². The molecule has 0 aliphatic heterocycles. The maximum Gasteiger partial charge on any atom is 0.178 e. The van der Waals surface area contributed by atoms with E-state index in [2.05, 4.69) is 21.0 Å². The molecule has 0 aliphatic rings. The van der Waals surface area contributed by atoms with Gasteiger partial charge in [0.05, 0.1) is 41.4 Å². The van der Waals surface area contributed by atoms with E-state index in [1.807, 2.05) is 42.1 Å². The van der Waals surface area contributed by atoms with Crippen LogP contribution in [-0.2, 0) is 23.0 Å². The minimum absolute atomic E-state index is 0.0508. The summed E-state index contributed by atoms with van der Waals surface area (Å²) in [5, 5.41) is 11.1. The number of benzene rings is 2. The Morgan fingerprint density at radius 3 is 2.78 bits per heavy atom. The third-order valence-corrected chi connectivity index (χ3v) is 7.99. The number of nitrogens with zero attached hydrogens (tertiary/aromatic N) is 3. The second-order valence-corrected chi connectivity index (χ2v) is 11.1. The molecule has 8 nitrogen and oxygen atoms in total. The lowest BCUT2D eigenvalue weighted by molar-refractivity contribution is 0.277. The number of rotatable bonds is 9. The van der Waals surface area contributed by atoms with E-state index in [0.29, 0.717) is 22.9 Å². The molecule has 2 N–H and O–H groups in total. The molecule has 0 radical (unpaired) electrons. The predicted octanol–water partition coefficient (Wildman–Crippen LogP) is 4.64. The lowest BCUT2D eigenvalue weighted by Gasteiger charge is -2.12. The maximum absolute atomic E-state index is 12.5. The highest BCUT2D eigenvalue weighted by Crippen LogP contribution is 2.39. The van der Waals surface area contributed by atoms with Crippen LogP contribution in [0, 0.1) is 6.92 Å². The van der Waals surface area contributed by atoms with Gasteiger partial charge in [-0.05, 0) is 60.4 Å². The van der Waals surface area contributed by atoms with Crippen molar-refractivity contribution in [1.82, 2.24) is 19.5 Å². The fourth-order valence-corrected chi connectivity index (χ4v) is 5.32. The number of aromatic nitrogens is 4. The molecule has 0 aliphatic carbocycles. The lowest BCUT2D eigenvalue weighted by Crippen LogP contribution is -2.04. The Balaban J connectivity index is 1.52. The predicted molar refractivity (Wildman–Crippen MR) is 140 cm³/mol. The molecule has 0 bridgehead atoms. The molecule has 186 valence electrons. The topological polar surface area (TPSA) is 110 Å². The molecule has 0 amide bonds. The van der Waals surface area contributed by atoms with Crippen LogP contribution in [0.4, 0.5) is 0 Å². The van der Waals surface area contributed by atoms with Gasteiger partial charge in [-0.25, -0.2) is 18.4 Å². The highest BCUT2D eigenvalue weighted by molar-refractivity contribution is 7.91. The number of imidazole rings is 1. The summed E-state index contributed by atoms with van der Waals surface area (Å²) in [7, 11) is -3.33. The number of ether oxygens (including phenoxy) is 1. The first-order valence-corrected chi connectivity index (χ1v) is 13.5. The molecule has 5 aromatic rings. The molecular formula is C27H28N4O4S. The van der Waals surface area contributed by atoms with E-state index >= 15 is 0 Å². The van der Waals surface area contributed by atoms with Gasteiger partial charge in [0.15, 0.2) is 9.84 Å². The van der Waals surface area contributed by atoms with Crippen LogP contribution in [0.3, 0.4) is 0 Å². The van der Waals surface area contributed by atoms with Crippen LogP contribution in [0.15, 0.2) is 66.1 Å². The second-order valence-electron chi connectivity index (χ2n) is 8.79. The fraction of sp³-hybridized carbons (Fsp3) is 0.259. The zero-order chi connectivity index (χ0) is 25.3. The minimum Gasteiger partial charge on any atom is -0.491 e. The Morgan fingerprint density at radius 1 is 1.14 bits per heavy atom. The van der Waals surface area contributed by atoms with E-state index in [1.54, 1.807) is 31.5 Å². The standard InChI is InChI=1S/C27H28N4O4S/c1-3-36(33,34)21-7-4-6-19(13-21)22-8-9-24(35-11-5-10-31-15-20(16-32)29-17-31)26-25(22)23-12-18(2)14-28-27(23)30-26/h4,6-9,12-15,17,32H,3,5,10-11,16H2,1-2H3,(H,28,30). The van der Waals surface area contributed by atoms with Crippen molar-refractivity contribution in [2.75, 3.05) is 12.4 Å². The smallest absolute Gasteiger partial charge is 0.178 e. The highest BCUT2D eigenvalue weighted by atomic mass is 32.2. The summed E-state index contributed by atoms with van der Waals surface area (Å²) in [5.74, 6) is 0.762. The number of fused-ring (bicyclic) bond motifs is 3. The van der Waals surface area contributed by atoms with Crippen molar-refractivity contribution in [2.24, 2.45) is 0 Å². The van der Waals surface area contributed by atoms with Crippen LogP contribution >= 0.6 is 0 Å². The van der Waals surface area contributed by atoms with Crippen LogP contribution in [0.2, 0.25) is 0 Å². The number of aliphatic hydroxyl groups is 1. The molecule has 9 heteroatoms. The van der Waals surface area contributed by atoms with Gasteiger partial charge in [-0.15, -0.1) is 0 Å². The van der Waals surface area contributed by atoms with Gasteiger partial charge in [0.25, 0.3) is 0 Å². The van der Waals surface area contributed by atoms with Crippen LogP contribution < -0.4 is 4.74 Å². The largest absolute Gasteiger partial charge is 0.491 e. The van der Waals surface area contributed by atoms with Gasteiger partial charge < -0.3 is 19.4 Å². The monoisotopic (exact) mass is 504 g/mol. The lowest BCUT2D eigenvalue weighted by atomic mass is 9.99. The molecule has 3 heterocycles. The van der Waals surface area contributed by atoms with E-state index < -0.39 is 9.84 Å². The van der Waals surface area contributed by atoms with Crippen molar-refractivity contribution in [2.45, 2.75) is 38.3 Å². The Kier molecular flexibility index (Phi) is 6.51. The number of hydrogen-bond acceptors (Lipinski definition) is 6. The zero-order valence-corrected chi connectivity index (χ0v) is 21.0. The first kappa shape index (κ1) is 24.0. The SMILES string of the molecule is CCS(=O)(=O)c1cccc(-c2ccc(OCCCn3cnc(CO)c3)c3[nH]c4ncc(C)cc4c23)c1. The summed E-state index contributed by atoms with van der Waals surface area (Å²) in [6, 6.07) is 13.1. The van der Waals surface area contributed by atoms with Crippen LogP contribution in [0.1, 0.15) is 24.6 Å². The Bertz CT molecular complexity index is 1650. The number of aliphatic hydroxyl groups excluding tert-OH is 1. The molecule has 0 saturated heterocycles. The highest BCUT2D eigenvalue weighted by Gasteiger charge is 2.18. The summed E-state index contributed by atoms with van der Waals surface area (Å²) in [6.45, 7) is 4.79. The first-order valence-electron chi connectivity index (χ1n) is 11.9. The van der Waals surface area contributed by atoms with Gasteiger partial charge in [-0.3, -0.25) is 0 Å². The van der Waals surface area contributed by atoms with Crippen molar-refractivity contribution in [3.63, 3.8) is 0 Å². The fourth-order valence-electron chi connectivity index (χ4n) is 4.39. The van der Waals surface area contributed by atoms with Crippen molar-refractivity contribution >= 4 is 31.8 Å². The van der Waals surface area contributed by atoms with E-state index in [1.165, 1.54) is 0 Å². The number of aryl methyl sites for hydroxylation is 2. The molecule has 0 saturated carbocycles. The van der Waals surface area contributed by atoms with Crippen molar-refractivity contribution < 1.29 is 18.3 Å². The molecule has 2 aromatic carbocycles. The number of nitrogens with one attached hydrogen (secondary N) is 1. The molecule has 0 unspecified atom stereocenters. The molecule has 0 spiro atoms. The average molecular weight is 505 g/mol. The summed E-state index contributed by atoms with van der Waals surface area (Å²) < 4.78 is 33.2. The number of aromatic amines is 1. The average Bonchev–Trinajstić information content (AvgIpc) is 3.51. The van der Waals surface area contributed by atoms with E-state index in [9.17, 15) is 13.5 Å². The number of sulfone groups is 1. The summed E-state index contributed by atoms with van der Waals surface area (Å²) in [4.78, 5) is 12.4. The van der Waals surface area contributed by atoms with Gasteiger partial charge in [0.1, 0.15) is 11.4 Å². The Morgan fingerprint density at radius 2 is 2.00 bits per heavy atom. The molecule has 5 rings (SSSR count). The molecule has 3 aromatic heterocycles. The quantitative estimate of drug-likeness (QED) is 0.283. The van der Waals surface area contributed by atoms with Crippen LogP contribution in [0.25, 0.3) is 33.1 Å². The summed E-state index contributed by atoms with van der Waals surface area (Å²) in [6.07, 6.45) is 6.11. The number of H-pyrrole nitrogens is 1. The number of hydrogen-bond donors (Lipinski definition) is 2.